The number of hydrogen-bond donors (Lipinski definition) is 1. The van der Waals surface area contributed by atoms with Gasteiger partial charge in [0.25, 0.3) is 11.8 Å². The predicted molar refractivity (Wildman–Crippen MR) is 119 cm³/mol. The van der Waals surface area contributed by atoms with Crippen LogP contribution in [0.5, 0.6) is 5.75 Å². The molecule has 1 heterocycles. The predicted octanol–water partition coefficient (Wildman–Crippen LogP) is 4.84. The smallest absolute Gasteiger partial charge is 0.278 e. The van der Waals surface area contributed by atoms with E-state index in [0.29, 0.717) is 36.4 Å². The number of nitrogens with zero attached hydrogens (tertiary/aromatic N) is 1. The molecule has 0 aliphatic carbocycles. The molecule has 3 aromatic rings. The van der Waals surface area contributed by atoms with Crippen LogP contribution in [0.2, 0.25) is 0 Å². The highest BCUT2D eigenvalue weighted by molar-refractivity contribution is 6.36. The molecule has 0 bridgehead atoms. The first-order valence-corrected chi connectivity index (χ1v) is 10.2. The number of amides is 2. The van der Waals surface area contributed by atoms with Gasteiger partial charge in [-0.15, -0.1) is 0 Å². The first-order chi connectivity index (χ1) is 14.6. The summed E-state index contributed by atoms with van der Waals surface area (Å²) in [6.07, 6.45) is 0.704. The lowest BCUT2D eigenvalue weighted by atomic mass is 10.0. The van der Waals surface area contributed by atoms with Gasteiger partial charge >= 0.3 is 0 Å². The van der Waals surface area contributed by atoms with Gasteiger partial charge in [-0.1, -0.05) is 55.5 Å². The van der Waals surface area contributed by atoms with Crippen molar-refractivity contribution in [1.82, 2.24) is 4.90 Å². The van der Waals surface area contributed by atoms with Crippen molar-refractivity contribution >= 4 is 33.8 Å². The van der Waals surface area contributed by atoms with Gasteiger partial charge in [0.05, 0.1) is 12.2 Å². The number of ether oxygens (including phenoxy) is 1. The van der Waals surface area contributed by atoms with E-state index in [4.69, 9.17) is 4.74 Å². The Morgan fingerprint density at radius 2 is 1.60 bits per heavy atom. The number of rotatable bonds is 7. The molecule has 0 radical (unpaired) electrons. The molecule has 0 unspecified atom stereocenters. The van der Waals surface area contributed by atoms with E-state index in [2.05, 4.69) is 5.32 Å². The highest BCUT2D eigenvalue weighted by Gasteiger charge is 2.38. The van der Waals surface area contributed by atoms with Crippen LogP contribution in [-0.4, -0.2) is 29.9 Å². The summed E-state index contributed by atoms with van der Waals surface area (Å²) in [5.41, 5.74) is 2.20. The quantitative estimate of drug-likeness (QED) is 0.577. The van der Waals surface area contributed by atoms with E-state index in [9.17, 15) is 9.59 Å². The molecule has 0 spiro atoms. The monoisotopic (exact) mass is 400 g/mol. The summed E-state index contributed by atoms with van der Waals surface area (Å²) in [5, 5.41) is 5.33. The maximum Gasteiger partial charge on any atom is 0.278 e. The molecular formula is C25H24N2O3. The third-order valence-corrected chi connectivity index (χ3v) is 5.12. The van der Waals surface area contributed by atoms with Crippen LogP contribution in [0, 0.1) is 0 Å². The second-order valence-electron chi connectivity index (χ2n) is 7.12. The minimum atomic E-state index is -0.293. The Morgan fingerprint density at radius 3 is 2.33 bits per heavy atom. The molecule has 0 fully saturated rings. The first kappa shape index (κ1) is 19.7. The fourth-order valence-corrected chi connectivity index (χ4v) is 3.74. The summed E-state index contributed by atoms with van der Waals surface area (Å²) in [6, 6.07) is 21.1. The van der Waals surface area contributed by atoms with Crippen molar-refractivity contribution in [2.24, 2.45) is 0 Å². The number of nitrogens with one attached hydrogen (secondary N) is 1. The normalized spacial score (nSPS) is 14.0. The molecule has 0 aromatic heterocycles. The Bertz CT molecular complexity index is 1130. The lowest BCUT2D eigenvalue weighted by molar-refractivity contribution is -0.136. The molecule has 5 nitrogen and oxygen atoms in total. The van der Waals surface area contributed by atoms with Gasteiger partial charge in [-0.3, -0.25) is 14.5 Å². The van der Waals surface area contributed by atoms with Crippen LogP contribution in [0.1, 0.15) is 25.8 Å². The maximum atomic E-state index is 13.2. The SMILES string of the molecule is CCCN1C(=O)C(Nc2cccc3ccccc23)=C(c2ccc(OCC)cc2)C1=O. The first-order valence-electron chi connectivity index (χ1n) is 10.2. The zero-order valence-electron chi connectivity index (χ0n) is 17.1. The third kappa shape index (κ3) is 3.54. The van der Waals surface area contributed by atoms with Crippen molar-refractivity contribution in [3.63, 3.8) is 0 Å². The second kappa shape index (κ2) is 8.41. The van der Waals surface area contributed by atoms with Gasteiger partial charge in [0.15, 0.2) is 0 Å². The Balaban J connectivity index is 1.80. The van der Waals surface area contributed by atoms with Crippen molar-refractivity contribution in [2.45, 2.75) is 20.3 Å². The van der Waals surface area contributed by atoms with E-state index in [1.54, 1.807) is 0 Å². The highest BCUT2D eigenvalue weighted by atomic mass is 16.5. The van der Waals surface area contributed by atoms with Gasteiger partial charge in [0.1, 0.15) is 11.4 Å². The molecule has 1 aliphatic rings. The number of imide groups is 1. The molecule has 1 N–H and O–H groups in total. The fourth-order valence-electron chi connectivity index (χ4n) is 3.74. The van der Waals surface area contributed by atoms with E-state index >= 15 is 0 Å². The molecule has 1 aliphatic heterocycles. The number of anilines is 1. The molecule has 152 valence electrons. The van der Waals surface area contributed by atoms with Gasteiger partial charge < -0.3 is 10.1 Å². The third-order valence-electron chi connectivity index (χ3n) is 5.12. The van der Waals surface area contributed by atoms with Crippen molar-refractivity contribution < 1.29 is 14.3 Å². The van der Waals surface area contributed by atoms with Crippen LogP contribution in [0.15, 0.2) is 72.4 Å². The summed E-state index contributed by atoms with van der Waals surface area (Å²) in [5.74, 6) is 0.167. The summed E-state index contributed by atoms with van der Waals surface area (Å²) >= 11 is 0. The Morgan fingerprint density at radius 1 is 0.867 bits per heavy atom. The lowest BCUT2D eigenvalue weighted by Crippen LogP contribution is -2.33. The minimum absolute atomic E-state index is 0.270. The van der Waals surface area contributed by atoms with E-state index < -0.39 is 0 Å². The number of carbonyl (C=O) groups excluding carboxylic acids is 2. The van der Waals surface area contributed by atoms with Crippen molar-refractivity contribution in [2.75, 3.05) is 18.5 Å². The maximum absolute atomic E-state index is 13.2. The highest BCUT2D eigenvalue weighted by Crippen LogP contribution is 2.33. The molecule has 30 heavy (non-hydrogen) atoms. The number of fused-ring (bicyclic) bond motifs is 1. The largest absolute Gasteiger partial charge is 0.494 e. The van der Waals surface area contributed by atoms with E-state index in [1.807, 2.05) is 80.6 Å². The summed E-state index contributed by atoms with van der Waals surface area (Å²) in [4.78, 5) is 27.6. The molecule has 0 atom stereocenters. The van der Waals surface area contributed by atoms with E-state index in [0.717, 1.165) is 22.2 Å². The van der Waals surface area contributed by atoms with Crippen molar-refractivity contribution in [3.8, 4) is 5.75 Å². The van der Waals surface area contributed by atoms with Gasteiger partial charge in [-0.25, -0.2) is 0 Å². The van der Waals surface area contributed by atoms with Gasteiger partial charge in [-0.2, -0.15) is 0 Å². The molecule has 4 rings (SSSR count). The summed E-state index contributed by atoms with van der Waals surface area (Å²) in [6.45, 7) is 4.83. The van der Waals surface area contributed by atoms with Gasteiger partial charge in [0, 0.05) is 17.6 Å². The van der Waals surface area contributed by atoms with E-state index in [1.165, 1.54) is 4.90 Å². The lowest BCUT2D eigenvalue weighted by Gasteiger charge is -2.14. The van der Waals surface area contributed by atoms with Crippen molar-refractivity contribution in [3.05, 3.63) is 78.0 Å². The average molecular weight is 400 g/mol. The molecule has 2 amide bonds. The van der Waals surface area contributed by atoms with Gasteiger partial charge in [0.2, 0.25) is 0 Å². The van der Waals surface area contributed by atoms with Crippen LogP contribution < -0.4 is 10.1 Å². The Labute approximate surface area is 176 Å². The van der Waals surface area contributed by atoms with Crippen molar-refractivity contribution in [1.29, 1.82) is 0 Å². The molecule has 0 saturated heterocycles. The number of carbonyl (C=O) groups is 2. The average Bonchev–Trinajstić information content (AvgIpc) is 2.99. The van der Waals surface area contributed by atoms with Crippen LogP contribution >= 0.6 is 0 Å². The summed E-state index contributed by atoms with van der Waals surface area (Å²) in [7, 11) is 0. The van der Waals surface area contributed by atoms with Crippen LogP contribution in [0.3, 0.4) is 0 Å². The standard InChI is InChI=1S/C25H24N2O3/c1-3-16-27-24(28)22(18-12-14-19(15-13-18)30-4-2)23(25(27)29)26-21-11-7-9-17-8-5-6-10-20(17)21/h5-15,26H,3-4,16H2,1-2H3. The number of hydrogen-bond acceptors (Lipinski definition) is 4. The fraction of sp³-hybridized carbons (Fsp3) is 0.200. The minimum Gasteiger partial charge on any atom is -0.494 e. The topological polar surface area (TPSA) is 58.6 Å². The Hall–Kier alpha value is -3.60. The zero-order chi connectivity index (χ0) is 21.1. The van der Waals surface area contributed by atoms with Gasteiger partial charge in [-0.05, 0) is 42.5 Å². The summed E-state index contributed by atoms with van der Waals surface area (Å²) < 4.78 is 5.51. The molecular weight excluding hydrogens is 376 g/mol. The Kier molecular flexibility index (Phi) is 5.53. The molecule has 3 aromatic carbocycles. The molecule has 0 saturated carbocycles. The van der Waals surface area contributed by atoms with Crippen LogP contribution in [0.4, 0.5) is 5.69 Å². The molecule has 5 heteroatoms. The number of benzene rings is 3. The second-order valence-corrected chi connectivity index (χ2v) is 7.12. The zero-order valence-corrected chi connectivity index (χ0v) is 17.1. The van der Waals surface area contributed by atoms with Crippen LogP contribution in [0.25, 0.3) is 16.3 Å². The van der Waals surface area contributed by atoms with Crippen LogP contribution in [-0.2, 0) is 9.59 Å². The van der Waals surface area contributed by atoms with E-state index in [-0.39, 0.29) is 11.8 Å².